The fraction of sp³-hybridized carbons (Fsp3) is 0.650. The molecule has 1 aromatic rings. The highest BCUT2D eigenvalue weighted by atomic mass is 19.1. The first kappa shape index (κ1) is 16.2. The molecule has 5 nitrogen and oxygen atoms in total. The molecular formula is C20H25FN3O2+. The monoisotopic (exact) mass is 358 g/mol. The Labute approximate surface area is 150 Å². The van der Waals surface area contributed by atoms with Crippen LogP contribution in [0.5, 0.6) is 0 Å². The van der Waals surface area contributed by atoms with Gasteiger partial charge in [-0.3, -0.25) is 13.9 Å². The predicted molar refractivity (Wildman–Crippen MR) is 97.9 cm³/mol. The topological polar surface area (TPSA) is 47.0 Å². The molecule has 0 radical (unpaired) electrons. The van der Waals surface area contributed by atoms with Gasteiger partial charge in [-0.1, -0.05) is 6.42 Å². The first-order valence-corrected chi connectivity index (χ1v) is 9.98. The molecule has 6 heteroatoms. The molecule has 0 aromatic carbocycles. The Balaban J connectivity index is 1.78. The fourth-order valence-electron chi connectivity index (χ4n) is 4.47. The number of hydrogen-bond acceptors (Lipinski definition) is 2. The smallest absolute Gasteiger partial charge is 0.293 e. The summed E-state index contributed by atoms with van der Waals surface area (Å²) in [5.74, 6) is 0.494. The summed E-state index contributed by atoms with van der Waals surface area (Å²) < 4.78 is 20.1. The summed E-state index contributed by atoms with van der Waals surface area (Å²) in [7, 11) is 0. The maximum absolute atomic E-state index is 14.9. The molecule has 0 bridgehead atoms. The van der Waals surface area contributed by atoms with Crippen molar-refractivity contribution in [3.05, 3.63) is 31.4 Å². The summed E-state index contributed by atoms with van der Waals surface area (Å²) in [5, 5.41) is 1.01. The lowest BCUT2D eigenvalue weighted by atomic mass is 9.85. The zero-order valence-corrected chi connectivity index (χ0v) is 15.0. The average Bonchev–Trinajstić information content (AvgIpc) is 3.26. The highest BCUT2D eigenvalue weighted by Gasteiger charge is 2.32. The number of aromatic nitrogens is 2. The summed E-state index contributed by atoms with van der Waals surface area (Å²) in [4.78, 5) is 26.0. The minimum atomic E-state index is -1.27. The number of alkyl halides is 1. The largest absolute Gasteiger partial charge is 0.331 e. The minimum absolute atomic E-state index is 0.00311. The number of nitrogens with zero attached hydrogens (tertiary/aromatic N) is 3. The summed E-state index contributed by atoms with van der Waals surface area (Å²) in [6.45, 7) is 2.34. The maximum Gasteiger partial charge on any atom is 0.331 e. The van der Waals surface area contributed by atoms with Gasteiger partial charge in [0.2, 0.25) is 11.9 Å². The first-order valence-electron chi connectivity index (χ1n) is 9.98. The summed E-state index contributed by atoms with van der Waals surface area (Å²) in [6, 6.07) is 0.00311. The van der Waals surface area contributed by atoms with Gasteiger partial charge in [-0.2, -0.15) is 0 Å². The van der Waals surface area contributed by atoms with Crippen LogP contribution in [-0.2, 0) is 6.54 Å². The number of rotatable bonds is 3. The predicted octanol–water partition coefficient (Wildman–Crippen LogP) is 0.305. The van der Waals surface area contributed by atoms with E-state index in [2.05, 4.69) is 4.58 Å². The summed E-state index contributed by atoms with van der Waals surface area (Å²) in [5.41, 5.74) is 0.0999. The Morgan fingerprint density at radius 2 is 1.81 bits per heavy atom. The van der Waals surface area contributed by atoms with Crippen LogP contribution in [-0.4, -0.2) is 38.7 Å². The van der Waals surface area contributed by atoms with E-state index < -0.39 is 6.17 Å². The lowest BCUT2D eigenvalue weighted by Gasteiger charge is -2.27. The van der Waals surface area contributed by atoms with Crippen molar-refractivity contribution in [1.82, 2.24) is 9.13 Å². The molecule has 0 amide bonds. The van der Waals surface area contributed by atoms with Gasteiger partial charge in [0.1, 0.15) is 13.1 Å². The van der Waals surface area contributed by atoms with Gasteiger partial charge in [0.25, 0.3) is 5.56 Å². The molecule has 5 rings (SSSR count). The van der Waals surface area contributed by atoms with Crippen LogP contribution >= 0.6 is 0 Å². The van der Waals surface area contributed by atoms with Crippen molar-refractivity contribution >= 4 is 17.9 Å². The summed E-state index contributed by atoms with van der Waals surface area (Å²) in [6.07, 6.45) is 9.28. The SMILES string of the molecule is O=c1c2c(n(CC3CCC3)c(=O)n1C1CC1)=CC(=[N+]1CCCC1)C(F)C=2. The third-order valence-electron chi connectivity index (χ3n) is 6.38. The molecule has 1 unspecified atom stereocenters. The van der Waals surface area contributed by atoms with E-state index in [1.54, 1.807) is 10.6 Å². The van der Waals surface area contributed by atoms with Crippen LogP contribution in [0.4, 0.5) is 4.39 Å². The average molecular weight is 358 g/mol. The molecular weight excluding hydrogens is 333 g/mol. The molecule has 2 saturated carbocycles. The molecule has 1 aromatic heterocycles. The van der Waals surface area contributed by atoms with Gasteiger partial charge in [0.15, 0.2) is 0 Å². The Morgan fingerprint density at radius 3 is 2.42 bits per heavy atom. The van der Waals surface area contributed by atoms with Crippen molar-refractivity contribution in [2.45, 2.75) is 63.7 Å². The van der Waals surface area contributed by atoms with E-state index in [9.17, 15) is 14.0 Å². The molecule has 0 N–H and O–H groups in total. The normalized spacial score (nSPS) is 25.5. The van der Waals surface area contributed by atoms with E-state index in [1.165, 1.54) is 17.1 Å². The van der Waals surface area contributed by atoms with Crippen LogP contribution in [0.2, 0.25) is 0 Å². The zero-order chi connectivity index (χ0) is 17.8. The second kappa shape index (κ2) is 6.03. The van der Waals surface area contributed by atoms with Crippen LogP contribution < -0.4 is 21.8 Å². The van der Waals surface area contributed by atoms with E-state index in [0.717, 1.165) is 51.6 Å². The highest BCUT2D eigenvalue weighted by Crippen LogP contribution is 2.32. The third kappa shape index (κ3) is 2.53. The Bertz CT molecular complexity index is 1020. The third-order valence-corrected chi connectivity index (χ3v) is 6.38. The van der Waals surface area contributed by atoms with E-state index in [4.69, 9.17) is 0 Å². The number of fused-ring (bicyclic) bond motifs is 1. The lowest BCUT2D eigenvalue weighted by Crippen LogP contribution is -2.61. The standard InChI is InChI=1S/C20H25FN3O2/c21-16-10-15-17(11-18(16)22-8-1-2-9-22)23(12-13-4-3-5-13)20(26)24(19(15)25)14-6-7-14/h10-11,13-14,16H,1-9,12H2/q+1. The van der Waals surface area contributed by atoms with Gasteiger partial charge in [-0.05, 0) is 37.7 Å². The second-order valence-corrected chi connectivity index (χ2v) is 8.23. The van der Waals surface area contributed by atoms with Gasteiger partial charge in [0.05, 0.1) is 10.6 Å². The van der Waals surface area contributed by atoms with Crippen LogP contribution in [0.25, 0.3) is 12.2 Å². The fourth-order valence-corrected chi connectivity index (χ4v) is 4.47. The van der Waals surface area contributed by atoms with Gasteiger partial charge >= 0.3 is 5.69 Å². The Morgan fingerprint density at radius 1 is 1.08 bits per heavy atom. The number of hydrogen-bond donors (Lipinski definition) is 0. The van der Waals surface area contributed by atoms with Crippen molar-refractivity contribution in [3.63, 3.8) is 0 Å². The van der Waals surface area contributed by atoms with E-state index in [0.29, 0.717) is 28.7 Å². The first-order chi connectivity index (χ1) is 12.6. The molecule has 2 heterocycles. The minimum Gasteiger partial charge on any atom is -0.293 e. The Hall–Kier alpha value is -1.98. The summed E-state index contributed by atoms with van der Waals surface area (Å²) >= 11 is 0. The van der Waals surface area contributed by atoms with Crippen molar-refractivity contribution in [1.29, 1.82) is 0 Å². The molecule has 3 aliphatic carbocycles. The molecule has 138 valence electrons. The molecule has 0 spiro atoms. The highest BCUT2D eigenvalue weighted by molar-refractivity contribution is 6.13. The molecule has 4 aliphatic rings. The van der Waals surface area contributed by atoms with E-state index in [-0.39, 0.29) is 17.3 Å². The molecule has 1 atom stereocenters. The maximum atomic E-state index is 14.9. The molecule has 26 heavy (non-hydrogen) atoms. The second-order valence-electron chi connectivity index (χ2n) is 8.23. The van der Waals surface area contributed by atoms with Crippen molar-refractivity contribution in [2.75, 3.05) is 13.1 Å². The van der Waals surface area contributed by atoms with Gasteiger partial charge in [-0.15, -0.1) is 0 Å². The van der Waals surface area contributed by atoms with Crippen LogP contribution in [0.15, 0.2) is 9.59 Å². The van der Waals surface area contributed by atoms with Gasteiger partial charge in [-0.25, -0.2) is 13.8 Å². The van der Waals surface area contributed by atoms with Crippen LogP contribution in [0.3, 0.4) is 0 Å². The van der Waals surface area contributed by atoms with Crippen LogP contribution in [0.1, 0.15) is 51.0 Å². The number of halogens is 1. The van der Waals surface area contributed by atoms with Crippen molar-refractivity contribution < 1.29 is 8.97 Å². The quantitative estimate of drug-likeness (QED) is 0.730. The van der Waals surface area contributed by atoms with Gasteiger partial charge < -0.3 is 0 Å². The molecule has 1 aliphatic heterocycles. The van der Waals surface area contributed by atoms with Crippen molar-refractivity contribution in [3.8, 4) is 0 Å². The van der Waals surface area contributed by atoms with E-state index in [1.807, 2.05) is 0 Å². The molecule has 3 fully saturated rings. The van der Waals surface area contributed by atoms with E-state index >= 15 is 0 Å². The van der Waals surface area contributed by atoms with Crippen LogP contribution in [0, 0.1) is 5.92 Å². The molecule has 1 saturated heterocycles. The van der Waals surface area contributed by atoms with Crippen molar-refractivity contribution in [2.24, 2.45) is 5.92 Å². The zero-order valence-electron chi connectivity index (χ0n) is 15.0. The lowest BCUT2D eigenvalue weighted by molar-refractivity contribution is -0.506. The van der Waals surface area contributed by atoms with Gasteiger partial charge in [0, 0.05) is 31.5 Å². The Kier molecular flexibility index (Phi) is 3.76.